The molecule has 2 aliphatic heterocycles. The topological polar surface area (TPSA) is 61.9 Å². The van der Waals surface area contributed by atoms with Crippen LogP contribution in [0.5, 0.6) is 0 Å². The van der Waals surface area contributed by atoms with Gasteiger partial charge in [0.05, 0.1) is 19.3 Å². The van der Waals surface area contributed by atoms with E-state index in [1.165, 1.54) is 0 Å². The molecule has 2 fully saturated rings. The number of nitrogens with zero attached hydrogens (tertiary/aromatic N) is 2. The summed E-state index contributed by atoms with van der Waals surface area (Å²) in [5.41, 5.74) is 0. The molecule has 0 bridgehead atoms. The van der Waals surface area contributed by atoms with E-state index in [2.05, 4.69) is 10.2 Å². The Morgan fingerprint density at radius 2 is 2.24 bits per heavy atom. The van der Waals surface area contributed by atoms with Gasteiger partial charge in [-0.15, -0.1) is 0 Å². The van der Waals surface area contributed by atoms with Crippen LogP contribution >= 0.6 is 0 Å². The second-order valence-corrected chi connectivity index (χ2v) is 4.69. The van der Waals surface area contributed by atoms with Crippen molar-refractivity contribution >= 4 is 11.8 Å². The molecule has 2 unspecified atom stereocenters. The number of carbonyl (C=O) groups excluding carboxylic acids is 2. The van der Waals surface area contributed by atoms with E-state index >= 15 is 0 Å². The lowest BCUT2D eigenvalue weighted by molar-refractivity contribution is -0.148. The van der Waals surface area contributed by atoms with Crippen molar-refractivity contribution in [3.8, 4) is 0 Å². The van der Waals surface area contributed by atoms with Crippen LogP contribution in [0.2, 0.25) is 0 Å². The van der Waals surface area contributed by atoms with Crippen molar-refractivity contribution in [1.82, 2.24) is 15.1 Å². The fourth-order valence-electron chi connectivity index (χ4n) is 2.23. The number of hydrogen-bond donors (Lipinski definition) is 1. The Balaban J connectivity index is 1.96. The van der Waals surface area contributed by atoms with Gasteiger partial charge in [0.2, 0.25) is 11.8 Å². The van der Waals surface area contributed by atoms with E-state index in [0.29, 0.717) is 13.2 Å². The van der Waals surface area contributed by atoms with Crippen LogP contribution in [0.1, 0.15) is 6.92 Å². The third-order valence-electron chi connectivity index (χ3n) is 3.32. The fraction of sp³-hybridized carbons (Fsp3) is 0.818. The van der Waals surface area contributed by atoms with Crippen LogP contribution in [0.3, 0.4) is 0 Å². The first kappa shape index (κ1) is 12.3. The van der Waals surface area contributed by atoms with Crippen molar-refractivity contribution in [1.29, 1.82) is 0 Å². The van der Waals surface area contributed by atoms with Gasteiger partial charge in [0.15, 0.2) is 0 Å². The Bertz CT molecular complexity index is 321. The molecule has 2 atom stereocenters. The van der Waals surface area contributed by atoms with E-state index in [-0.39, 0.29) is 24.5 Å². The fourth-order valence-corrected chi connectivity index (χ4v) is 2.23. The summed E-state index contributed by atoms with van der Waals surface area (Å²) >= 11 is 0. The Morgan fingerprint density at radius 1 is 1.47 bits per heavy atom. The number of likely N-dealkylation sites (N-methyl/N-ethyl adjacent to an activating group) is 1. The largest absolute Gasteiger partial charge is 0.374 e. The number of carbonyl (C=O) groups is 2. The molecular formula is C11H19N3O3. The van der Waals surface area contributed by atoms with E-state index in [9.17, 15) is 9.59 Å². The smallest absolute Gasteiger partial charge is 0.242 e. The highest BCUT2D eigenvalue weighted by Gasteiger charge is 2.33. The van der Waals surface area contributed by atoms with Gasteiger partial charge in [-0.2, -0.15) is 0 Å². The Kier molecular flexibility index (Phi) is 3.63. The first-order valence-corrected chi connectivity index (χ1v) is 5.95. The molecule has 2 heterocycles. The van der Waals surface area contributed by atoms with E-state index < -0.39 is 6.04 Å². The van der Waals surface area contributed by atoms with E-state index in [1.54, 1.807) is 11.8 Å². The summed E-state index contributed by atoms with van der Waals surface area (Å²) in [4.78, 5) is 27.0. The average Bonchev–Trinajstić information content (AvgIpc) is 2.30. The maximum atomic E-state index is 11.7. The molecule has 0 radical (unpaired) electrons. The molecule has 2 saturated heterocycles. The van der Waals surface area contributed by atoms with Crippen molar-refractivity contribution in [3.05, 3.63) is 0 Å². The summed E-state index contributed by atoms with van der Waals surface area (Å²) in [5, 5.41) is 2.58. The van der Waals surface area contributed by atoms with Gasteiger partial charge in [-0.1, -0.05) is 0 Å². The number of morpholine rings is 1. The number of amides is 2. The molecule has 1 N–H and O–H groups in total. The zero-order chi connectivity index (χ0) is 12.4. The van der Waals surface area contributed by atoms with Gasteiger partial charge >= 0.3 is 0 Å². The van der Waals surface area contributed by atoms with Crippen LogP contribution in [-0.2, 0) is 14.3 Å². The van der Waals surface area contributed by atoms with Gasteiger partial charge in [0.1, 0.15) is 6.04 Å². The maximum absolute atomic E-state index is 11.7. The predicted octanol–water partition coefficient (Wildman–Crippen LogP) is -1.34. The summed E-state index contributed by atoms with van der Waals surface area (Å²) in [7, 11) is 2.03. The first-order chi connectivity index (χ1) is 8.08. The third-order valence-corrected chi connectivity index (χ3v) is 3.32. The van der Waals surface area contributed by atoms with Crippen LogP contribution < -0.4 is 5.32 Å². The number of ether oxygens (including phenoxy) is 1. The number of rotatable bonds is 2. The van der Waals surface area contributed by atoms with Gasteiger partial charge in [0, 0.05) is 19.6 Å². The number of nitrogens with one attached hydrogen (secondary N) is 1. The molecule has 2 amide bonds. The molecule has 0 aromatic heterocycles. The number of piperazine rings is 1. The van der Waals surface area contributed by atoms with Crippen LogP contribution in [-0.4, -0.2) is 73.6 Å². The Hall–Kier alpha value is -1.14. The molecular weight excluding hydrogens is 222 g/mol. The molecule has 6 heteroatoms. The number of hydrogen-bond acceptors (Lipinski definition) is 4. The first-order valence-electron chi connectivity index (χ1n) is 5.95. The second kappa shape index (κ2) is 5.01. The van der Waals surface area contributed by atoms with E-state index in [0.717, 1.165) is 13.1 Å². The third kappa shape index (κ3) is 2.76. The minimum absolute atomic E-state index is 0.00560. The lowest BCUT2D eigenvalue weighted by Gasteiger charge is -2.38. The molecule has 0 saturated carbocycles. The summed E-state index contributed by atoms with van der Waals surface area (Å²) in [6.45, 7) is 4.75. The monoisotopic (exact) mass is 241 g/mol. The highest BCUT2D eigenvalue weighted by atomic mass is 16.5. The van der Waals surface area contributed by atoms with Gasteiger partial charge < -0.3 is 19.9 Å². The Labute approximate surface area is 101 Å². The van der Waals surface area contributed by atoms with Crippen LogP contribution in [0.4, 0.5) is 0 Å². The minimum atomic E-state index is -0.396. The van der Waals surface area contributed by atoms with Crippen molar-refractivity contribution in [2.24, 2.45) is 0 Å². The SMILES string of the molecule is CC1C(=O)NCC(=O)N1CC1CN(C)CCO1. The van der Waals surface area contributed by atoms with Crippen LogP contribution in [0, 0.1) is 0 Å². The van der Waals surface area contributed by atoms with Gasteiger partial charge in [-0.25, -0.2) is 0 Å². The summed E-state index contributed by atoms with van der Waals surface area (Å²) in [6, 6.07) is -0.396. The molecule has 17 heavy (non-hydrogen) atoms. The lowest BCUT2D eigenvalue weighted by atomic mass is 10.1. The summed E-state index contributed by atoms with van der Waals surface area (Å²) in [6.07, 6.45) is 0.00560. The quantitative estimate of drug-likeness (QED) is 0.650. The van der Waals surface area contributed by atoms with Crippen LogP contribution in [0.15, 0.2) is 0 Å². The molecule has 0 aliphatic carbocycles. The van der Waals surface area contributed by atoms with Crippen molar-refractivity contribution in [3.63, 3.8) is 0 Å². The second-order valence-electron chi connectivity index (χ2n) is 4.69. The molecule has 0 aromatic carbocycles. The average molecular weight is 241 g/mol. The zero-order valence-electron chi connectivity index (χ0n) is 10.3. The van der Waals surface area contributed by atoms with Gasteiger partial charge in [-0.05, 0) is 14.0 Å². The highest BCUT2D eigenvalue weighted by molar-refractivity contribution is 5.94. The van der Waals surface area contributed by atoms with Crippen molar-refractivity contribution in [2.45, 2.75) is 19.1 Å². The molecule has 2 aliphatic rings. The summed E-state index contributed by atoms with van der Waals surface area (Å²) in [5.74, 6) is -0.123. The molecule has 0 aromatic rings. The van der Waals surface area contributed by atoms with Gasteiger partial charge in [-0.3, -0.25) is 9.59 Å². The maximum Gasteiger partial charge on any atom is 0.242 e. The summed E-state index contributed by atoms with van der Waals surface area (Å²) < 4.78 is 5.62. The van der Waals surface area contributed by atoms with Crippen molar-refractivity contribution in [2.75, 3.05) is 39.8 Å². The van der Waals surface area contributed by atoms with Crippen molar-refractivity contribution < 1.29 is 14.3 Å². The van der Waals surface area contributed by atoms with Crippen LogP contribution in [0.25, 0.3) is 0 Å². The van der Waals surface area contributed by atoms with Gasteiger partial charge in [0.25, 0.3) is 0 Å². The normalized spacial score (nSPS) is 31.5. The molecule has 6 nitrogen and oxygen atoms in total. The highest BCUT2D eigenvalue weighted by Crippen LogP contribution is 2.10. The van der Waals surface area contributed by atoms with E-state index in [4.69, 9.17) is 4.74 Å². The molecule has 2 rings (SSSR count). The zero-order valence-corrected chi connectivity index (χ0v) is 10.3. The Morgan fingerprint density at radius 3 is 2.94 bits per heavy atom. The predicted molar refractivity (Wildman–Crippen MR) is 61.4 cm³/mol. The molecule has 0 spiro atoms. The molecule has 96 valence electrons. The minimum Gasteiger partial charge on any atom is -0.374 e. The van der Waals surface area contributed by atoms with E-state index in [1.807, 2.05) is 7.05 Å². The standard InChI is InChI=1S/C11H19N3O3/c1-8-11(16)12-5-10(15)14(8)7-9-6-13(2)3-4-17-9/h8-9H,3-7H2,1-2H3,(H,12,16). The lowest BCUT2D eigenvalue weighted by Crippen LogP contribution is -2.60.